The maximum Gasteiger partial charge on any atom is 0.586 e. The molecule has 1 aromatic rings. The van der Waals surface area contributed by atoms with E-state index in [-0.39, 0.29) is 36.6 Å². The molecule has 1 saturated heterocycles. The fourth-order valence-electron chi connectivity index (χ4n) is 3.32. The molecule has 24 heavy (non-hydrogen) atoms. The molecule has 0 aliphatic carbocycles. The third-order valence-corrected chi connectivity index (χ3v) is 4.41. The van der Waals surface area contributed by atoms with E-state index >= 15 is 0 Å². The minimum absolute atomic E-state index is 0. The zero-order valence-corrected chi connectivity index (χ0v) is 14.5. The SMILES string of the molecule is CC(C)(CO)[C@H](c1ccc2c(c1)OC(F)(F)O2)N1CCNCC1.Cl. The molecular formula is C16H23ClF2N2O3. The summed E-state index contributed by atoms with van der Waals surface area (Å²) in [6.07, 6.45) is -3.61. The molecular weight excluding hydrogens is 342 g/mol. The predicted octanol–water partition coefficient (Wildman–Crippen LogP) is 2.39. The molecule has 1 aromatic carbocycles. The summed E-state index contributed by atoms with van der Waals surface area (Å²) in [4.78, 5) is 2.27. The van der Waals surface area contributed by atoms with Crippen LogP contribution < -0.4 is 14.8 Å². The standard InChI is InChI=1S/C16H22F2N2O3.ClH/c1-15(2,10-21)14(20-7-5-19-6-8-20)11-3-4-12-13(9-11)23-16(17,18)22-12;/h3-4,9,14,19,21H,5-8,10H2,1-2H3;1H/t14-;/m0./s1. The molecule has 0 bridgehead atoms. The van der Waals surface area contributed by atoms with Crippen LogP contribution in [0.3, 0.4) is 0 Å². The molecule has 136 valence electrons. The lowest BCUT2D eigenvalue weighted by Gasteiger charge is -2.43. The molecule has 1 fully saturated rings. The first-order chi connectivity index (χ1) is 10.8. The van der Waals surface area contributed by atoms with E-state index in [0.717, 1.165) is 31.7 Å². The predicted molar refractivity (Wildman–Crippen MR) is 87.9 cm³/mol. The van der Waals surface area contributed by atoms with Gasteiger partial charge in [0.15, 0.2) is 11.5 Å². The minimum atomic E-state index is -3.61. The van der Waals surface area contributed by atoms with Gasteiger partial charge in [-0.25, -0.2) is 0 Å². The average molecular weight is 365 g/mol. The van der Waals surface area contributed by atoms with Crippen molar-refractivity contribution >= 4 is 12.4 Å². The van der Waals surface area contributed by atoms with E-state index in [4.69, 9.17) is 0 Å². The number of halogens is 3. The Labute approximate surface area is 146 Å². The zero-order chi connectivity index (χ0) is 16.7. The summed E-state index contributed by atoms with van der Waals surface area (Å²) in [6, 6.07) is 4.78. The van der Waals surface area contributed by atoms with Crippen molar-refractivity contribution in [3.8, 4) is 11.5 Å². The van der Waals surface area contributed by atoms with Gasteiger partial charge in [-0.15, -0.1) is 21.2 Å². The topological polar surface area (TPSA) is 54.0 Å². The Kier molecular flexibility index (Phi) is 5.59. The minimum Gasteiger partial charge on any atom is -0.396 e. The first kappa shape index (κ1) is 19.2. The number of hydrogen-bond donors (Lipinski definition) is 2. The fourth-order valence-corrected chi connectivity index (χ4v) is 3.32. The number of fused-ring (bicyclic) bond motifs is 1. The van der Waals surface area contributed by atoms with Gasteiger partial charge in [-0.1, -0.05) is 19.9 Å². The highest BCUT2D eigenvalue weighted by atomic mass is 35.5. The lowest BCUT2D eigenvalue weighted by Crippen LogP contribution is -2.49. The van der Waals surface area contributed by atoms with Crippen molar-refractivity contribution in [2.75, 3.05) is 32.8 Å². The number of nitrogens with one attached hydrogen (secondary N) is 1. The smallest absolute Gasteiger partial charge is 0.396 e. The van der Waals surface area contributed by atoms with Gasteiger partial charge in [-0.2, -0.15) is 0 Å². The zero-order valence-electron chi connectivity index (χ0n) is 13.7. The highest BCUT2D eigenvalue weighted by Gasteiger charge is 2.44. The summed E-state index contributed by atoms with van der Waals surface area (Å²) >= 11 is 0. The monoisotopic (exact) mass is 364 g/mol. The first-order valence-corrected chi connectivity index (χ1v) is 7.78. The van der Waals surface area contributed by atoms with Crippen LogP contribution in [0.2, 0.25) is 0 Å². The lowest BCUT2D eigenvalue weighted by atomic mass is 9.79. The Morgan fingerprint density at radius 3 is 2.50 bits per heavy atom. The van der Waals surface area contributed by atoms with Gasteiger partial charge < -0.3 is 19.9 Å². The van der Waals surface area contributed by atoms with Crippen LogP contribution in [0.5, 0.6) is 11.5 Å². The Hall–Kier alpha value is -1.15. The van der Waals surface area contributed by atoms with Gasteiger partial charge in [0.1, 0.15) is 0 Å². The molecule has 8 heteroatoms. The fraction of sp³-hybridized carbons (Fsp3) is 0.625. The van der Waals surface area contributed by atoms with Crippen LogP contribution in [0.4, 0.5) is 8.78 Å². The van der Waals surface area contributed by atoms with Crippen molar-refractivity contribution in [3.63, 3.8) is 0 Å². The second kappa shape index (κ2) is 7.00. The number of aliphatic hydroxyl groups is 1. The molecule has 0 spiro atoms. The second-order valence-corrected chi connectivity index (χ2v) is 6.71. The van der Waals surface area contributed by atoms with Gasteiger partial charge in [0.2, 0.25) is 0 Å². The average Bonchev–Trinajstić information content (AvgIpc) is 2.81. The molecule has 0 radical (unpaired) electrons. The van der Waals surface area contributed by atoms with Crippen molar-refractivity contribution in [1.82, 2.24) is 10.2 Å². The first-order valence-electron chi connectivity index (χ1n) is 7.78. The molecule has 2 aliphatic heterocycles. The number of hydrogen-bond acceptors (Lipinski definition) is 5. The van der Waals surface area contributed by atoms with E-state index in [1.165, 1.54) is 6.07 Å². The summed E-state index contributed by atoms with van der Waals surface area (Å²) < 4.78 is 35.5. The maximum atomic E-state index is 13.2. The molecule has 0 amide bonds. The summed E-state index contributed by atoms with van der Waals surface area (Å²) in [5.74, 6) is 0.0842. The molecule has 0 saturated carbocycles. The van der Waals surface area contributed by atoms with Crippen LogP contribution in [-0.2, 0) is 0 Å². The summed E-state index contributed by atoms with van der Waals surface area (Å²) in [6.45, 7) is 7.32. The van der Waals surface area contributed by atoms with Crippen molar-refractivity contribution in [3.05, 3.63) is 23.8 Å². The van der Waals surface area contributed by atoms with E-state index in [2.05, 4.69) is 19.7 Å². The van der Waals surface area contributed by atoms with Crippen LogP contribution in [0.1, 0.15) is 25.5 Å². The number of alkyl halides is 2. The highest BCUT2D eigenvalue weighted by molar-refractivity contribution is 5.85. The molecule has 1 atom stereocenters. The molecule has 2 N–H and O–H groups in total. The number of ether oxygens (including phenoxy) is 2. The summed E-state index contributed by atoms with van der Waals surface area (Å²) in [5.41, 5.74) is 0.416. The second-order valence-electron chi connectivity index (χ2n) is 6.71. The molecule has 5 nitrogen and oxygen atoms in total. The number of benzene rings is 1. The van der Waals surface area contributed by atoms with Gasteiger partial charge in [-0.3, -0.25) is 4.90 Å². The molecule has 2 aliphatic rings. The van der Waals surface area contributed by atoms with Crippen LogP contribution in [-0.4, -0.2) is 49.1 Å². The van der Waals surface area contributed by atoms with Gasteiger partial charge in [0.05, 0.1) is 0 Å². The quantitative estimate of drug-likeness (QED) is 0.859. The van der Waals surface area contributed by atoms with Crippen LogP contribution in [0, 0.1) is 5.41 Å². The van der Waals surface area contributed by atoms with Gasteiger partial charge in [-0.05, 0) is 17.7 Å². The van der Waals surface area contributed by atoms with Gasteiger partial charge in [0.25, 0.3) is 0 Å². The van der Waals surface area contributed by atoms with Gasteiger partial charge in [0, 0.05) is 44.2 Å². The molecule has 0 aromatic heterocycles. The normalized spacial score (nSPS) is 21.2. The lowest BCUT2D eigenvalue weighted by molar-refractivity contribution is -0.286. The molecule has 2 heterocycles. The van der Waals surface area contributed by atoms with E-state index in [9.17, 15) is 13.9 Å². The van der Waals surface area contributed by atoms with Crippen molar-refractivity contribution in [2.24, 2.45) is 5.41 Å². The Morgan fingerprint density at radius 1 is 1.25 bits per heavy atom. The summed E-state index contributed by atoms with van der Waals surface area (Å²) in [5, 5.41) is 13.1. The van der Waals surface area contributed by atoms with Crippen LogP contribution in [0.15, 0.2) is 18.2 Å². The number of rotatable bonds is 4. The van der Waals surface area contributed by atoms with Crippen molar-refractivity contribution in [2.45, 2.75) is 26.2 Å². The molecule has 0 unspecified atom stereocenters. The van der Waals surface area contributed by atoms with E-state index in [0.29, 0.717) is 0 Å². The Morgan fingerprint density at radius 2 is 1.88 bits per heavy atom. The number of aliphatic hydroxyl groups excluding tert-OH is 1. The maximum absolute atomic E-state index is 13.2. The van der Waals surface area contributed by atoms with E-state index in [1.807, 2.05) is 13.8 Å². The number of piperazine rings is 1. The summed E-state index contributed by atoms with van der Waals surface area (Å²) in [7, 11) is 0. The van der Waals surface area contributed by atoms with Crippen LogP contribution >= 0.6 is 12.4 Å². The van der Waals surface area contributed by atoms with E-state index in [1.54, 1.807) is 12.1 Å². The largest absolute Gasteiger partial charge is 0.586 e. The highest BCUT2D eigenvalue weighted by Crippen LogP contribution is 2.45. The number of nitrogens with zero attached hydrogens (tertiary/aromatic N) is 1. The van der Waals surface area contributed by atoms with Gasteiger partial charge >= 0.3 is 6.29 Å². The van der Waals surface area contributed by atoms with Crippen LogP contribution in [0.25, 0.3) is 0 Å². The van der Waals surface area contributed by atoms with Crippen molar-refractivity contribution in [1.29, 1.82) is 0 Å². The Bertz CT molecular complexity index is 580. The molecule has 3 rings (SSSR count). The third kappa shape index (κ3) is 3.74. The Balaban J connectivity index is 0.00000208. The van der Waals surface area contributed by atoms with E-state index < -0.39 is 11.7 Å². The van der Waals surface area contributed by atoms with Crippen molar-refractivity contribution < 1.29 is 23.4 Å². The third-order valence-electron chi connectivity index (χ3n) is 4.41.